The number of carbonyl (C=O) groups excluding carboxylic acids is 1. The van der Waals surface area contributed by atoms with Gasteiger partial charge in [-0.1, -0.05) is 13.8 Å². The maximum absolute atomic E-state index is 12.9. The molecule has 1 rings (SSSR count). The molecule has 1 amide bonds. The minimum Gasteiger partial charge on any atom is -0.354 e. The van der Waals surface area contributed by atoms with Crippen molar-refractivity contribution in [3.8, 4) is 0 Å². The molecule has 0 saturated heterocycles. The lowest BCUT2D eigenvalue weighted by atomic mass is 10.1. The highest BCUT2D eigenvalue weighted by atomic mass is 32.2. The summed E-state index contributed by atoms with van der Waals surface area (Å²) >= 11 is 0. The molecule has 0 aliphatic carbocycles. The van der Waals surface area contributed by atoms with Gasteiger partial charge >= 0.3 is 0 Å². The van der Waals surface area contributed by atoms with Crippen LogP contribution in [0.4, 0.5) is 4.39 Å². The van der Waals surface area contributed by atoms with E-state index in [-0.39, 0.29) is 17.4 Å². The number of carbonyl (C=O) groups is 1. The molecule has 7 nitrogen and oxygen atoms in total. The Morgan fingerprint density at radius 3 is 2.17 bits per heavy atom. The second-order valence-electron chi connectivity index (χ2n) is 5.44. The number of methoxy groups -OCH3 is 2. The summed E-state index contributed by atoms with van der Waals surface area (Å²) in [6, 6.07) is 3.37. The average molecular weight is 362 g/mol. The van der Waals surface area contributed by atoms with Gasteiger partial charge in [0.05, 0.1) is 11.4 Å². The average Bonchev–Trinajstić information content (AvgIpc) is 2.53. The van der Waals surface area contributed by atoms with E-state index in [4.69, 9.17) is 9.47 Å². The van der Waals surface area contributed by atoms with Gasteiger partial charge in [0.15, 0.2) is 6.29 Å². The number of benzene rings is 1. The molecule has 0 aliphatic heterocycles. The predicted molar refractivity (Wildman–Crippen MR) is 86.2 cm³/mol. The molecule has 24 heavy (non-hydrogen) atoms. The zero-order valence-electron chi connectivity index (χ0n) is 14.1. The maximum atomic E-state index is 12.9. The molecule has 136 valence electrons. The van der Waals surface area contributed by atoms with Crippen LogP contribution in [0.25, 0.3) is 0 Å². The molecular formula is C15H23FN2O5S. The molecule has 1 aromatic rings. The fourth-order valence-electron chi connectivity index (χ4n) is 1.90. The van der Waals surface area contributed by atoms with Gasteiger partial charge in [-0.3, -0.25) is 4.79 Å². The number of amides is 1. The summed E-state index contributed by atoms with van der Waals surface area (Å²) in [6.45, 7) is 3.50. The van der Waals surface area contributed by atoms with Crippen molar-refractivity contribution in [2.45, 2.75) is 31.1 Å². The van der Waals surface area contributed by atoms with Crippen LogP contribution in [0.3, 0.4) is 0 Å². The fraction of sp³-hybridized carbons (Fsp3) is 0.533. The van der Waals surface area contributed by atoms with E-state index < -0.39 is 34.1 Å². The highest BCUT2D eigenvalue weighted by Gasteiger charge is 2.28. The molecule has 1 atom stereocenters. The molecule has 1 unspecified atom stereocenters. The molecule has 0 aromatic heterocycles. The van der Waals surface area contributed by atoms with Crippen molar-refractivity contribution in [3.05, 3.63) is 30.1 Å². The zero-order chi connectivity index (χ0) is 18.3. The van der Waals surface area contributed by atoms with Gasteiger partial charge in [-0.2, -0.15) is 4.72 Å². The third-order valence-corrected chi connectivity index (χ3v) is 4.78. The van der Waals surface area contributed by atoms with E-state index in [9.17, 15) is 17.6 Å². The van der Waals surface area contributed by atoms with Crippen LogP contribution in [0, 0.1) is 11.7 Å². The van der Waals surface area contributed by atoms with E-state index in [1.54, 1.807) is 13.8 Å². The summed E-state index contributed by atoms with van der Waals surface area (Å²) in [7, 11) is -1.10. The summed E-state index contributed by atoms with van der Waals surface area (Å²) < 4.78 is 49.9. The third-order valence-electron chi connectivity index (χ3n) is 3.32. The Balaban J connectivity index is 2.85. The van der Waals surface area contributed by atoms with E-state index in [1.807, 2.05) is 0 Å². The predicted octanol–water partition coefficient (Wildman–Crippen LogP) is 0.864. The second-order valence-corrected chi connectivity index (χ2v) is 7.16. The van der Waals surface area contributed by atoms with Gasteiger partial charge in [0.2, 0.25) is 15.9 Å². The molecule has 0 heterocycles. The standard InChI is InChI=1S/C15H23FN2O5S/c1-10(2)14(15(19)17-9-13(22-3)23-4)18-24(20,21)12-7-5-11(16)6-8-12/h5-8,10,13-14,18H,9H2,1-4H3,(H,17,19). The Bertz CT molecular complexity index is 630. The highest BCUT2D eigenvalue weighted by molar-refractivity contribution is 7.89. The number of hydrogen-bond donors (Lipinski definition) is 2. The smallest absolute Gasteiger partial charge is 0.241 e. The van der Waals surface area contributed by atoms with Crippen molar-refractivity contribution >= 4 is 15.9 Å². The number of hydrogen-bond acceptors (Lipinski definition) is 5. The summed E-state index contributed by atoms with van der Waals surface area (Å²) in [6.07, 6.45) is -0.629. The Kier molecular flexibility index (Phi) is 7.74. The van der Waals surface area contributed by atoms with E-state index >= 15 is 0 Å². The molecule has 0 fully saturated rings. The summed E-state index contributed by atoms with van der Waals surface area (Å²) in [4.78, 5) is 12.2. The SMILES string of the molecule is COC(CNC(=O)C(NS(=O)(=O)c1ccc(F)cc1)C(C)C)OC. The minimum absolute atomic E-state index is 0.0767. The van der Waals surface area contributed by atoms with Crippen LogP contribution in [0.5, 0.6) is 0 Å². The maximum Gasteiger partial charge on any atom is 0.241 e. The molecule has 2 N–H and O–H groups in total. The van der Waals surface area contributed by atoms with Crippen LogP contribution in [-0.2, 0) is 24.3 Å². The largest absolute Gasteiger partial charge is 0.354 e. The lowest BCUT2D eigenvalue weighted by Gasteiger charge is -2.23. The van der Waals surface area contributed by atoms with Crippen LogP contribution in [-0.4, -0.2) is 47.4 Å². The highest BCUT2D eigenvalue weighted by Crippen LogP contribution is 2.13. The van der Waals surface area contributed by atoms with Crippen LogP contribution < -0.4 is 10.0 Å². The first kappa shape index (κ1) is 20.5. The molecule has 0 radical (unpaired) electrons. The fourth-order valence-corrected chi connectivity index (χ4v) is 3.24. The van der Waals surface area contributed by atoms with Gasteiger partial charge in [0.1, 0.15) is 11.9 Å². The van der Waals surface area contributed by atoms with Crippen molar-refractivity contribution < 1.29 is 27.1 Å². The monoisotopic (exact) mass is 362 g/mol. The van der Waals surface area contributed by atoms with Crippen molar-refractivity contribution in [2.75, 3.05) is 20.8 Å². The Labute approximate surface area is 141 Å². The van der Waals surface area contributed by atoms with Crippen molar-refractivity contribution in [2.24, 2.45) is 5.92 Å². The van der Waals surface area contributed by atoms with Crippen LogP contribution in [0.1, 0.15) is 13.8 Å². The Hall–Kier alpha value is -1.55. The van der Waals surface area contributed by atoms with E-state index in [0.29, 0.717) is 0 Å². The van der Waals surface area contributed by atoms with Crippen molar-refractivity contribution in [1.29, 1.82) is 0 Å². The first-order valence-corrected chi connectivity index (χ1v) is 8.80. The first-order chi connectivity index (χ1) is 11.2. The summed E-state index contributed by atoms with van der Waals surface area (Å²) in [5.41, 5.74) is 0. The molecule has 0 saturated carbocycles. The number of halogens is 1. The first-order valence-electron chi connectivity index (χ1n) is 7.32. The molecule has 0 aliphatic rings. The topological polar surface area (TPSA) is 93.7 Å². The normalized spacial score (nSPS) is 13.3. The van der Waals surface area contributed by atoms with Gasteiger partial charge in [0, 0.05) is 14.2 Å². The minimum atomic E-state index is -3.96. The quantitative estimate of drug-likeness (QED) is 0.636. The number of sulfonamides is 1. The van der Waals surface area contributed by atoms with Crippen LogP contribution >= 0.6 is 0 Å². The Morgan fingerprint density at radius 2 is 1.71 bits per heavy atom. The Morgan fingerprint density at radius 1 is 1.17 bits per heavy atom. The number of nitrogens with one attached hydrogen (secondary N) is 2. The number of rotatable bonds is 9. The van der Waals surface area contributed by atoms with Gasteiger partial charge < -0.3 is 14.8 Å². The summed E-state index contributed by atoms with van der Waals surface area (Å²) in [5, 5.41) is 2.57. The van der Waals surface area contributed by atoms with E-state index in [0.717, 1.165) is 24.3 Å². The third kappa shape index (κ3) is 5.82. The van der Waals surface area contributed by atoms with E-state index in [1.165, 1.54) is 14.2 Å². The lowest BCUT2D eigenvalue weighted by Crippen LogP contribution is -2.51. The molecule has 0 bridgehead atoms. The van der Waals surface area contributed by atoms with Gasteiger partial charge in [-0.25, -0.2) is 12.8 Å². The van der Waals surface area contributed by atoms with Crippen LogP contribution in [0.2, 0.25) is 0 Å². The second kappa shape index (κ2) is 9.07. The van der Waals surface area contributed by atoms with Gasteiger partial charge in [0.25, 0.3) is 0 Å². The zero-order valence-corrected chi connectivity index (χ0v) is 14.9. The molecule has 1 aromatic carbocycles. The summed E-state index contributed by atoms with van der Waals surface area (Å²) in [5.74, 6) is -1.35. The molecular weight excluding hydrogens is 339 g/mol. The van der Waals surface area contributed by atoms with Gasteiger partial charge in [-0.15, -0.1) is 0 Å². The van der Waals surface area contributed by atoms with Crippen molar-refractivity contribution in [3.63, 3.8) is 0 Å². The lowest BCUT2D eigenvalue weighted by molar-refractivity contribution is -0.129. The van der Waals surface area contributed by atoms with Crippen LogP contribution in [0.15, 0.2) is 29.2 Å². The van der Waals surface area contributed by atoms with Gasteiger partial charge in [-0.05, 0) is 30.2 Å². The molecule has 0 spiro atoms. The van der Waals surface area contributed by atoms with E-state index in [2.05, 4.69) is 10.0 Å². The molecule has 9 heteroatoms. The number of ether oxygens (including phenoxy) is 2. The van der Waals surface area contributed by atoms with Crippen molar-refractivity contribution in [1.82, 2.24) is 10.0 Å².